The smallest absolute Gasteiger partial charge is 0.262 e. The lowest BCUT2D eigenvalue weighted by molar-refractivity contribution is 0.0992. The molecule has 1 aliphatic heterocycles. The number of aromatic nitrogens is 1. The highest BCUT2D eigenvalue weighted by molar-refractivity contribution is 6.11. The van der Waals surface area contributed by atoms with E-state index < -0.39 is 6.17 Å². The third kappa shape index (κ3) is 3.03. The molecule has 0 aliphatic carbocycles. The predicted octanol–water partition coefficient (Wildman–Crippen LogP) is 4.18. The number of pyridine rings is 1. The minimum absolute atomic E-state index is 0.140. The van der Waals surface area contributed by atoms with E-state index in [4.69, 9.17) is 9.47 Å². The minimum atomic E-state index is -0.465. The van der Waals surface area contributed by atoms with Gasteiger partial charge in [-0.05, 0) is 43.3 Å². The zero-order valence-electron chi connectivity index (χ0n) is 16.0. The standard InChI is InChI=1S/C22H21N3O3/c1-14-6-8-15(9-7-14)24-21-20-17(5-4-12-23-20)22(26)25(21)18-13-16(27-2)10-11-19(18)28-3/h4-13,21,24H,1-3H3/t21-/m1/s1. The van der Waals surface area contributed by atoms with Crippen molar-refractivity contribution in [2.75, 3.05) is 24.4 Å². The highest BCUT2D eigenvalue weighted by atomic mass is 16.5. The molecule has 0 bridgehead atoms. The average Bonchev–Trinajstić information content (AvgIpc) is 3.01. The van der Waals surface area contributed by atoms with Gasteiger partial charge in [-0.3, -0.25) is 14.7 Å². The highest BCUT2D eigenvalue weighted by Crippen LogP contribution is 2.42. The fourth-order valence-corrected chi connectivity index (χ4v) is 3.36. The number of carbonyl (C=O) groups is 1. The van der Waals surface area contributed by atoms with Gasteiger partial charge in [0, 0.05) is 18.0 Å². The fraction of sp³-hybridized carbons (Fsp3) is 0.182. The lowest BCUT2D eigenvalue weighted by atomic mass is 10.2. The Hall–Kier alpha value is -3.54. The first-order valence-corrected chi connectivity index (χ1v) is 8.96. The van der Waals surface area contributed by atoms with Crippen LogP contribution in [-0.2, 0) is 0 Å². The summed E-state index contributed by atoms with van der Waals surface area (Å²) < 4.78 is 10.9. The molecule has 142 valence electrons. The Morgan fingerprint density at radius 3 is 2.54 bits per heavy atom. The molecule has 0 spiro atoms. The number of benzene rings is 2. The number of amides is 1. The van der Waals surface area contributed by atoms with E-state index in [9.17, 15) is 4.79 Å². The second-order valence-electron chi connectivity index (χ2n) is 6.56. The number of methoxy groups -OCH3 is 2. The van der Waals surface area contributed by atoms with Crippen molar-refractivity contribution in [2.24, 2.45) is 0 Å². The molecule has 0 saturated carbocycles. The van der Waals surface area contributed by atoms with Gasteiger partial charge in [-0.15, -0.1) is 0 Å². The van der Waals surface area contributed by atoms with E-state index in [2.05, 4.69) is 10.3 Å². The number of hydrogen-bond donors (Lipinski definition) is 1. The van der Waals surface area contributed by atoms with Crippen LogP contribution < -0.4 is 19.7 Å². The van der Waals surface area contributed by atoms with Gasteiger partial charge in [0.1, 0.15) is 11.5 Å². The van der Waals surface area contributed by atoms with Crippen molar-refractivity contribution < 1.29 is 14.3 Å². The van der Waals surface area contributed by atoms with Gasteiger partial charge in [-0.25, -0.2) is 0 Å². The summed E-state index contributed by atoms with van der Waals surface area (Å²) in [6.45, 7) is 2.03. The summed E-state index contributed by atoms with van der Waals surface area (Å²) in [6.07, 6.45) is 1.23. The van der Waals surface area contributed by atoms with Crippen molar-refractivity contribution in [3.8, 4) is 11.5 Å². The van der Waals surface area contributed by atoms with E-state index in [1.807, 2.05) is 31.2 Å². The van der Waals surface area contributed by atoms with Crippen LogP contribution >= 0.6 is 0 Å². The molecule has 0 unspecified atom stereocenters. The number of nitrogens with one attached hydrogen (secondary N) is 1. The minimum Gasteiger partial charge on any atom is -0.497 e. The molecule has 3 aromatic rings. The molecule has 6 nitrogen and oxygen atoms in total. The summed E-state index contributed by atoms with van der Waals surface area (Å²) >= 11 is 0. The Kier molecular flexibility index (Phi) is 4.61. The summed E-state index contributed by atoms with van der Waals surface area (Å²) in [7, 11) is 3.18. The second-order valence-corrected chi connectivity index (χ2v) is 6.56. The van der Waals surface area contributed by atoms with Gasteiger partial charge in [0.15, 0.2) is 6.17 Å². The van der Waals surface area contributed by atoms with E-state index in [-0.39, 0.29) is 5.91 Å². The van der Waals surface area contributed by atoms with Crippen molar-refractivity contribution in [3.05, 3.63) is 77.6 Å². The van der Waals surface area contributed by atoms with Gasteiger partial charge in [0.2, 0.25) is 0 Å². The van der Waals surface area contributed by atoms with Crippen molar-refractivity contribution in [1.29, 1.82) is 0 Å². The molecule has 6 heteroatoms. The molecule has 0 fully saturated rings. The van der Waals surface area contributed by atoms with E-state index in [0.717, 1.165) is 11.3 Å². The number of rotatable bonds is 5. The van der Waals surface area contributed by atoms with Gasteiger partial charge < -0.3 is 14.8 Å². The number of hydrogen-bond acceptors (Lipinski definition) is 5. The first-order chi connectivity index (χ1) is 13.6. The maximum absolute atomic E-state index is 13.3. The van der Waals surface area contributed by atoms with Gasteiger partial charge in [0.05, 0.1) is 31.2 Å². The quantitative estimate of drug-likeness (QED) is 0.725. The number of carbonyl (C=O) groups excluding carboxylic acids is 1. The largest absolute Gasteiger partial charge is 0.497 e. The molecule has 2 heterocycles. The monoisotopic (exact) mass is 375 g/mol. The molecule has 1 aromatic heterocycles. The molecular weight excluding hydrogens is 354 g/mol. The normalized spacial score (nSPS) is 15.3. The maximum atomic E-state index is 13.3. The van der Waals surface area contributed by atoms with Crippen LogP contribution in [0.4, 0.5) is 11.4 Å². The first kappa shape index (κ1) is 17.9. The van der Waals surface area contributed by atoms with Gasteiger partial charge in [-0.2, -0.15) is 0 Å². The van der Waals surface area contributed by atoms with Gasteiger partial charge in [-0.1, -0.05) is 17.7 Å². The van der Waals surface area contributed by atoms with Gasteiger partial charge in [0.25, 0.3) is 5.91 Å². The van der Waals surface area contributed by atoms with Crippen molar-refractivity contribution in [1.82, 2.24) is 4.98 Å². The van der Waals surface area contributed by atoms with Crippen molar-refractivity contribution in [2.45, 2.75) is 13.1 Å². The van der Waals surface area contributed by atoms with Crippen LogP contribution in [0.1, 0.15) is 27.8 Å². The maximum Gasteiger partial charge on any atom is 0.262 e. The zero-order chi connectivity index (χ0) is 19.7. The van der Waals surface area contributed by atoms with E-state index in [0.29, 0.717) is 28.4 Å². The molecule has 0 saturated heterocycles. The third-order valence-corrected chi connectivity index (χ3v) is 4.81. The zero-order valence-corrected chi connectivity index (χ0v) is 16.0. The highest BCUT2D eigenvalue weighted by Gasteiger charge is 2.40. The molecule has 0 radical (unpaired) electrons. The number of aryl methyl sites for hydroxylation is 1. The van der Waals surface area contributed by atoms with Crippen LogP contribution in [0.5, 0.6) is 11.5 Å². The van der Waals surface area contributed by atoms with Crippen LogP contribution in [0.15, 0.2) is 60.8 Å². The Bertz CT molecular complexity index is 1020. The molecule has 2 aromatic carbocycles. The number of nitrogens with zero attached hydrogens (tertiary/aromatic N) is 2. The molecule has 1 amide bonds. The topological polar surface area (TPSA) is 63.7 Å². The Morgan fingerprint density at radius 1 is 1.04 bits per heavy atom. The van der Waals surface area contributed by atoms with E-state index in [1.54, 1.807) is 55.6 Å². The Morgan fingerprint density at radius 2 is 1.82 bits per heavy atom. The third-order valence-electron chi connectivity index (χ3n) is 4.81. The second kappa shape index (κ2) is 7.23. The summed E-state index contributed by atoms with van der Waals surface area (Å²) in [5.41, 5.74) is 3.93. The molecule has 1 aliphatic rings. The van der Waals surface area contributed by atoms with Crippen LogP contribution in [0.25, 0.3) is 0 Å². The molecule has 28 heavy (non-hydrogen) atoms. The predicted molar refractivity (Wildman–Crippen MR) is 108 cm³/mol. The summed E-state index contributed by atoms with van der Waals surface area (Å²) in [5, 5.41) is 3.44. The van der Waals surface area contributed by atoms with Crippen LogP contribution in [0, 0.1) is 6.92 Å². The molecule has 4 rings (SSSR count). The van der Waals surface area contributed by atoms with Crippen molar-refractivity contribution >= 4 is 17.3 Å². The summed E-state index contributed by atoms with van der Waals surface area (Å²) in [4.78, 5) is 19.4. The number of anilines is 2. The fourth-order valence-electron chi connectivity index (χ4n) is 3.36. The Labute approximate surface area is 163 Å². The SMILES string of the molecule is COc1ccc(OC)c(N2C(=O)c3cccnc3[C@@H]2Nc2ccc(C)cc2)c1. The van der Waals surface area contributed by atoms with Crippen LogP contribution in [0.3, 0.4) is 0 Å². The molecule has 1 atom stereocenters. The Balaban J connectivity index is 1.83. The van der Waals surface area contributed by atoms with Crippen LogP contribution in [0.2, 0.25) is 0 Å². The van der Waals surface area contributed by atoms with Crippen molar-refractivity contribution in [3.63, 3.8) is 0 Å². The van der Waals surface area contributed by atoms with E-state index in [1.165, 1.54) is 0 Å². The summed E-state index contributed by atoms with van der Waals surface area (Å²) in [5.74, 6) is 1.08. The average molecular weight is 375 g/mol. The lowest BCUT2D eigenvalue weighted by Crippen LogP contribution is -2.32. The first-order valence-electron chi connectivity index (χ1n) is 8.96. The number of fused-ring (bicyclic) bond motifs is 1. The number of ether oxygens (including phenoxy) is 2. The van der Waals surface area contributed by atoms with Gasteiger partial charge >= 0.3 is 0 Å². The van der Waals surface area contributed by atoms with E-state index >= 15 is 0 Å². The molecule has 1 N–H and O–H groups in total. The lowest BCUT2D eigenvalue weighted by Gasteiger charge is -2.28. The van der Waals surface area contributed by atoms with Crippen LogP contribution in [-0.4, -0.2) is 25.1 Å². The summed E-state index contributed by atoms with van der Waals surface area (Å²) in [6, 6.07) is 17.0. The molecular formula is C22H21N3O3.